The molecule has 1 N–H and O–H groups in total. The molecule has 1 saturated carbocycles. The number of carbonyl (C=O) groups is 1. The number of carboxylic acids is 1. The first-order chi connectivity index (χ1) is 14.3. The van der Waals surface area contributed by atoms with Crippen molar-refractivity contribution >= 4 is 17.3 Å². The molecule has 1 saturated heterocycles. The van der Waals surface area contributed by atoms with Gasteiger partial charge in [0.05, 0.1) is 17.8 Å². The van der Waals surface area contributed by atoms with Crippen molar-refractivity contribution in [2.75, 3.05) is 13.2 Å². The van der Waals surface area contributed by atoms with E-state index in [0.717, 1.165) is 38.2 Å². The quantitative estimate of drug-likeness (QED) is 0.773. The van der Waals surface area contributed by atoms with Gasteiger partial charge in [0.2, 0.25) is 5.88 Å². The number of rotatable bonds is 4. The summed E-state index contributed by atoms with van der Waals surface area (Å²) in [5, 5.41) is 7.12. The molecule has 7 nitrogen and oxygen atoms in total. The molecule has 11 heteroatoms. The molecule has 0 aromatic carbocycles. The lowest BCUT2D eigenvalue weighted by Crippen LogP contribution is -2.51. The van der Waals surface area contributed by atoms with Crippen LogP contribution in [-0.2, 0) is 16.1 Å². The Balaban J connectivity index is 0.000000318. The Morgan fingerprint density at radius 1 is 1.37 bits per heavy atom. The first kappa shape index (κ1) is 22.4. The molecule has 4 rings (SSSR count). The molecule has 0 bridgehead atoms. The Hall–Kier alpha value is -2.24. The fourth-order valence-electron chi connectivity index (χ4n) is 3.55. The third-order valence-electron chi connectivity index (χ3n) is 4.99. The summed E-state index contributed by atoms with van der Waals surface area (Å²) in [6.45, 7) is 4.80. The summed E-state index contributed by atoms with van der Waals surface area (Å²) >= 11 is 1.75. The summed E-state index contributed by atoms with van der Waals surface area (Å²) in [5.41, 5.74) is 3.09. The molecule has 0 spiro atoms. The van der Waals surface area contributed by atoms with Crippen molar-refractivity contribution in [2.24, 2.45) is 0 Å². The highest BCUT2D eigenvalue weighted by molar-refractivity contribution is 7.09. The molecular formula is C19H22F3N3O4S. The summed E-state index contributed by atoms with van der Waals surface area (Å²) < 4.78 is 43.9. The number of fused-ring (bicyclic) bond motifs is 1. The van der Waals surface area contributed by atoms with Crippen molar-refractivity contribution in [1.29, 1.82) is 0 Å². The lowest BCUT2D eigenvalue weighted by atomic mass is 10.1. The second kappa shape index (κ2) is 9.71. The number of aryl methyl sites for hydroxylation is 1. The molecule has 2 aliphatic rings. The molecule has 30 heavy (non-hydrogen) atoms. The van der Waals surface area contributed by atoms with Crippen LogP contribution >= 0.6 is 11.3 Å². The average Bonchev–Trinajstić information content (AvgIpc) is 3.30. The number of halogens is 3. The van der Waals surface area contributed by atoms with Crippen LogP contribution in [0.5, 0.6) is 5.88 Å². The fraction of sp³-hybridized carbons (Fsp3) is 0.526. The third kappa shape index (κ3) is 5.67. The number of hydrogen-bond acceptors (Lipinski definition) is 7. The number of nitrogens with zero attached hydrogens (tertiary/aromatic N) is 3. The Bertz CT molecular complexity index is 834. The Kier molecular flexibility index (Phi) is 7.27. The molecular weight excluding hydrogens is 423 g/mol. The molecule has 0 amide bonds. The smallest absolute Gasteiger partial charge is 0.475 e. The molecule has 0 radical (unpaired) electrons. The SMILES string of the molecule is Cc1ncsc1CN1CCO[C@H]2[C@@H](Oc3ccccn3)CC[C@@H]21.O=C(O)C(F)(F)F. The van der Waals surface area contributed by atoms with Crippen LogP contribution in [0.25, 0.3) is 0 Å². The predicted octanol–water partition coefficient (Wildman–Crippen LogP) is 3.29. The van der Waals surface area contributed by atoms with Gasteiger partial charge in [0, 0.05) is 36.3 Å². The number of morpholine rings is 1. The zero-order valence-electron chi connectivity index (χ0n) is 16.2. The Morgan fingerprint density at radius 2 is 2.13 bits per heavy atom. The van der Waals surface area contributed by atoms with Crippen LogP contribution in [0.4, 0.5) is 13.2 Å². The average molecular weight is 445 g/mol. The summed E-state index contributed by atoms with van der Waals surface area (Å²) in [6, 6.07) is 6.20. The maximum atomic E-state index is 10.6. The zero-order chi connectivity index (χ0) is 21.7. The van der Waals surface area contributed by atoms with Gasteiger partial charge >= 0.3 is 12.1 Å². The molecule has 2 fully saturated rings. The predicted molar refractivity (Wildman–Crippen MR) is 102 cm³/mol. The van der Waals surface area contributed by atoms with Gasteiger partial charge in [0.15, 0.2) is 0 Å². The maximum Gasteiger partial charge on any atom is 0.490 e. The standard InChI is InChI=1S/C17H21N3O2S.C2HF3O2/c1-12-15(23-11-19-12)10-20-8-9-21-17-13(20)5-6-14(17)22-16-4-2-3-7-18-16;3-2(4,5)1(6)7/h2-4,7,11,13-14,17H,5-6,8-10H2,1H3;(H,6,7)/t13-,14-,17+;/m0./s1. The molecule has 1 aliphatic heterocycles. The summed E-state index contributed by atoms with van der Waals surface area (Å²) in [5.74, 6) is -2.07. The van der Waals surface area contributed by atoms with E-state index in [1.54, 1.807) is 17.5 Å². The number of aliphatic carboxylic acids is 1. The largest absolute Gasteiger partial charge is 0.490 e. The van der Waals surface area contributed by atoms with Crippen molar-refractivity contribution in [3.63, 3.8) is 0 Å². The van der Waals surface area contributed by atoms with Crippen LogP contribution in [0.1, 0.15) is 23.4 Å². The van der Waals surface area contributed by atoms with Crippen LogP contribution < -0.4 is 4.74 Å². The van der Waals surface area contributed by atoms with Crippen LogP contribution in [0, 0.1) is 6.92 Å². The fourth-order valence-corrected chi connectivity index (χ4v) is 4.35. The first-order valence-corrected chi connectivity index (χ1v) is 10.3. The van der Waals surface area contributed by atoms with Crippen molar-refractivity contribution in [3.05, 3.63) is 40.5 Å². The van der Waals surface area contributed by atoms with E-state index < -0.39 is 12.1 Å². The monoisotopic (exact) mass is 445 g/mol. The second-order valence-electron chi connectivity index (χ2n) is 6.94. The lowest BCUT2D eigenvalue weighted by molar-refractivity contribution is -0.192. The summed E-state index contributed by atoms with van der Waals surface area (Å²) in [6.07, 6.45) is -0.953. The first-order valence-electron chi connectivity index (χ1n) is 9.38. The number of carboxylic acid groups (broad SMARTS) is 1. The van der Waals surface area contributed by atoms with E-state index in [9.17, 15) is 13.2 Å². The molecule has 3 heterocycles. The topological polar surface area (TPSA) is 84.8 Å². The van der Waals surface area contributed by atoms with E-state index >= 15 is 0 Å². The zero-order valence-corrected chi connectivity index (χ0v) is 17.0. The number of ether oxygens (including phenoxy) is 2. The summed E-state index contributed by atoms with van der Waals surface area (Å²) in [4.78, 5) is 21.4. The van der Waals surface area contributed by atoms with Crippen molar-refractivity contribution in [1.82, 2.24) is 14.9 Å². The minimum absolute atomic E-state index is 0.0975. The molecule has 1 aliphatic carbocycles. The van der Waals surface area contributed by atoms with Crippen LogP contribution in [-0.4, -0.2) is 63.5 Å². The summed E-state index contributed by atoms with van der Waals surface area (Å²) in [7, 11) is 0. The number of pyridine rings is 1. The van der Waals surface area contributed by atoms with Gasteiger partial charge in [-0.05, 0) is 25.8 Å². The van der Waals surface area contributed by atoms with E-state index in [0.29, 0.717) is 11.9 Å². The van der Waals surface area contributed by atoms with E-state index in [4.69, 9.17) is 19.4 Å². The molecule has 3 atom stereocenters. The lowest BCUT2D eigenvalue weighted by Gasteiger charge is -2.38. The van der Waals surface area contributed by atoms with E-state index in [-0.39, 0.29) is 12.2 Å². The van der Waals surface area contributed by atoms with E-state index in [1.807, 2.05) is 23.7 Å². The number of thiazole rings is 1. The van der Waals surface area contributed by atoms with Gasteiger partial charge in [-0.2, -0.15) is 13.2 Å². The van der Waals surface area contributed by atoms with Crippen molar-refractivity contribution in [3.8, 4) is 5.88 Å². The van der Waals surface area contributed by atoms with Gasteiger partial charge in [-0.3, -0.25) is 4.90 Å². The van der Waals surface area contributed by atoms with Crippen molar-refractivity contribution in [2.45, 2.75) is 50.7 Å². The maximum absolute atomic E-state index is 10.6. The van der Waals surface area contributed by atoms with Gasteiger partial charge in [-0.25, -0.2) is 14.8 Å². The molecule has 164 valence electrons. The highest BCUT2D eigenvalue weighted by Crippen LogP contribution is 2.34. The minimum atomic E-state index is -5.08. The Labute approximate surface area is 175 Å². The van der Waals surface area contributed by atoms with Crippen molar-refractivity contribution < 1.29 is 32.5 Å². The van der Waals surface area contributed by atoms with E-state index in [2.05, 4.69) is 21.8 Å². The minimum Gasteiger partial charge on any atom is -0.475 e. The second-order valence-corrected chi connectivity index (χ2v) is 7.88. The van der Waals surface area contributed by atoms with Gasteiger partial charge in [0.25, 0.3) is 0 Å². The molecule has 2 aromatic heterocycles. The highest BCUT2D eigenvalue weighted by atomic mass is 32.1. The van der Waals surface area contributed by atoms with Gasteiger partial charge in [-0.1, -0.05) is 6.07 Å². The molecule has 0 unspecified atom stereocenters. The normalized spacial score (nSPS) is 23.9. The Morgan fingerprint density at radius 3 is 2.73 bits per heavy atom. The van der Waals surface area contributed by atoms with Crippen LogP contribution in [0.2, 0.25) is 0 Å². The highest BCUT2D eigenvalue weighted by Gasteiger charge is 2.44. The van der Waals surface area contributed by atoms with Crippen LogP contribution in [0.3, 0.4) is 0 Å². The third-order valence-corrected chi connectivity index (χ3v) is 5.91. The molecule has 2 aromatic rings. The van der Waals surface area contributed by atoms with Gasteiger partial charge in [-0.15, -0.1) is 11.3 Å². The van der Waals surface area contributed by atoms with Crippen LogP contribution in [0.15, 0.2) is 29.9 Å². The number of hydrogen-bond donors (Lipinski definition) is 1. The van der Waals surface area contributed by atoms with E-state index in [1.165, 1.54) is 4.88 Å². The number of aromatic nitrogens is 2. The number of alkyl halides is 3. The van der Waals surface area contributed by atoms with Gasteiger partial charge < -0.3 is 14.6 Å². The van der Waals surface area contributed by atoms with Gasteiger partial charge in [0.1, 0.15) is 12.2 Å².